The molecule has 0 aliphatic carbocycles. The summed E-state index contributed by atoms with van der Waals surface area (Å²) in [5.41, 5.74) is 3.42. The Balaban J connectivity index is 2.16. The maximum atomic E-state index is 13.3. The minimum Gasteiger partial charge on any atom is -0.497 e. The van der Waals surface area contributed by atoms with Gasteiger partial charge < -0.3 is 15.0 Å². The van der Waals surface area contributed by atoms with Crippen molar-refractivity contribution in [3.8, 4) is 5.75 Å². The lowest BCUT2D eigenvalue weighted by Gasteiger charge is -2.30. The highest BCUT2D eigenvalue weighted by Gasteiger charge is 2.26. The molecule has 2 aromatic carbocycles. The van der Waals surface area contributed by atoms with E-state index in [-0.39, 0.29) is 23.3 Å². The molecule has 0 aliphatic heterocycles. The second-order valence-electron chi connectivity index (χ2n) is 9.81. The van der Waals surface area contributed by atoms with Gasteiger partial charge in [0.15, 0.2) is 0 Å². The summed E-state index contributed by atoms with van der Waals surface area (Å²) in [6, 6.07) is 15.6. The summed E-state index contributed by atoms with van der Waals surface area (Å²) in [6.07, 6.45) is 1.82. The molecule has 0 aromatic heterocycles. The fourth-order valence-corrected chi connectivity index (χ4v) is 3.58. The molecule has 180 valence electrons. The number of carbonyl (C=O) groups excluding carboxylic acids is 2. The van der Waals surface area contributed by atoms with Gasteiger partial charge in [-0.05, 0) is 60.9 Å². The van der Waals surface area contributed by atoms with Crippen LogP contribution in [0.2, 0.25) is 0 Å². The molecule has 2 aromatic rings. The number of rotatable bonds is 10. The van der Waals surface area contributed by atoms with E-state index in [4.69, 9.17) is 4.74 Å². The normalized spacial score (nSPS) is 13.2. The highest BCUT2D eigenvalue weighted by molar-refractivity contribution is 5.87. The van der Waals surface area contributed by atoms with E-state index in [0.29, 0.717) is 19.4 Å². The van der Waals surface area contributed by atoms with Gasteiger partial charge in [-0.2, -0.15) is 0 Å². The Morgan fingerprint density at radius 2 is 1.70 bits per heavy atom. The predicted octanol–water partition coefficient (Wildman–Crippen LogP) is 5.26. The number of aryl methyl sites for hydroxylation is 1. The molecule has 5 nitrogen and oxygen atoms in total. The molecule has 1 N–H and O–H groups in total. The number of nitrogens with one attached hydrogen (secondary N) is 1. The molecule has 0 fully saturated rings. The second-order valence-corrected chi connectivity index (χ2v) is 9.81. The average molecular weight is 453 g/mol. The Kier molecular flexibility index (Phi) is 9.51. The number of amides is 2. The number of carbonyl (C=O) groups is 2. The maximum Gasteiger partial charge on any atom is 0.242 e. The van der Waals surface area contributed by atoms with Crippen LogP contribution in [0.25, 0.3) is 0 Å². The third kappa shape index (κ3) is 7.92. The van der Waals surface area contributed by atoms with Gasteiger partial charge in [0.25, 0.3) is 0 Å². The fourth-order valence-electron chi connectivity index (χ4n) is 3.58. The first kappa shape index (κ1) is 26.4. The van der Waals surface area contributed by atoms with Crippen molar-refractivity contribution in [1.29, 1.82) is 0 Å². The van der Waals surface area contributed by atoms with E-state index in [0.717, 1.165) is 23.3 Å². The average Bonchev–Trinajstić information content (AvgIpc) is 2.80. The lowest BCUT2D eigenvalue weighted by atomic mass is 9.86. The van der Waals surface area contributed by atoms with E-state index in [1.807, 2.05) is 38.1 Å². The third-order valence-electron chi connectivity index (χ3n) is 6.10. The van der Waals surface area contributed by atoms with Crippen molar-refractivity contribution in [3.05, 3.63) is 65.2 Å². The zero-order chi connectivity index (χ0) is 24.6. The summed E-state index contributed by atoms with van der Waals surface area (Å²) >= 11 is 0. The lowest BCUT2D eigenvalue weighted by molar-refractivity contribution is -0.140. The SMILES string of the molecule is CC[C@H](C)NC(=O)[C@@H](C)N(Cc1cccc(OC)c1)C(=O)CCc1ccc(C(C)(C)C)cc1. The summed E-state index contributed by atoms with van der Waals surface area (Å²) < 4.78 is 5.33. The maximum absolute atomic E-state index is 13.3. The molecule has 0 unspecified atom stereocenters. The van der Waals surface area contributed by atoms with Crippen LogP contribution in [0.15, 0.2) is 48.5 Å². The van der Waals surface area contributed by atoms with Gasteiger partial charge in [0, 0.05) is 19.0 Å². The van der Waals surface area contributed by atoms with Gasteiger partial charge in [-0.25, -0.2) is 0 Å². The minimum absolute atomic E-state index is 0.0375. The Morgan fingerprint density at radius 1 is 1.03 bits per heavy atom. The molecule has 0 saturated heterocycles. The Hall–Kier alpha value is -2.82. The van der Waals surface area contributed by atoms with Crippen LogP contribution in [0.4, 0.5) is 0 Å². The van der Waals surface area contributed by atoms with Crippen LogP contribution in [-0.4, -0.2) is 35.9 Å². The number of methoxy groups -OCH3 is 1. The molecule has 0 aliphatic rings. The van der Waals surface area contributed by atoms with Gasteiger partial charge in [-0.3, -0.25) is 9.59 Å². The van der Waals surface area contributed by atoms with Crippen molar-refractivity contribution in [3.63, 3.8) is 0 Å². The molecule has 0 radical (unpaired) electrons. The summed E-state index contributed by atoms with van der Waals surface area (Å²) in [5, 5.41) is 3.01. The Morgan fingerprint density at radius 3 is 2.27 bits per heavy atom. The van der Waals surface area contributed by atoms with Crippen LogP contribution in [0, 0.1) is 0 Å². The number of hydrogen-bond donors (Lipinski definition) is 1. The van der Waals surface area contributed by atoms with Gasteiger partial charge in [0.05, 0.1) is 7.11 Å². The quantitative estimate of drug-likeness (QED) is 0.535. The molecule has 0 heterocycles. The highest BCUT2D eigenvalue weighted by Crippen LogP contribution is 2.23. The smallest absolute Gasteiger partial charge is 0.242 e. The third-order valence-corrected chi connectivity index (χ3v) is 6.10. The molecular formula is C28H40N2O3. The molecule has 0 bridgehead atoms. The van der Waals surface area contributed by atoms with Crippen LogP contribution >= 0.6 is 0 Å². The topological polar surface area (TPSA) is 58.6 Å². The zero-order valence-corrected chi connectivity index (χ0v) is 21.3. The van der Waals surface area contributed by atoms with Crippen molar-refractivity contribution in [1.82, 2.24) is 10.2 Å². The molecule has 5 heteroatoms. The van der Waals surface area contributed by atoms with Crippen LogP contribution in [0.1, 0.15) is 71.1 Å². The van der Waals surface area contributed by atoms with Crippen molar-refractivity contribution in [2.24, 2.45) is 0 Å². The largest absolute Gasteiger partial charge is 0.497 e. The summed E-state index contributed by atoms with van der Waals surface area (Å²) in [5.74, 6) is 0.565. The molecule has 2 amide bonds. The van der Waals surface area contributed by atoms with E-state index in [9.17, 15) is 9.59 Å². The lowest BCUT2D eigenvalue weighted by Crippen LogP contribution is -2.49. The minimum atomic E-state index is -0.569. The van der Waals surface area contributed by atoms with Crippen LogP contribution in [0.3, 0.4) is 0 Å². The van der Waals surface area contributed by atoms with Crippen molar-refractivity contribution < 1.29 is 14.3 Å². The monoisotopic (exact) mass is 452 g/mol. The summed E-state index contributed by atoms with van der Waals surface area (Å²) in [6.45, 7) is 12.7. The van der Waals surface area contributed by atoms with E-state index >= 15 is 0 Å². The first-order chi connectivity index (χ1) is 15.5. The summed E-state index contributed by atoms with van der Waals surface area (Å²) in [7, 11) is 1.62. The van der Waals surface area contributed by atoms with Gasteiger partial charge in [-0.15, -0.1) is 0 Å². The van der Waals surface area contributed by atoms with Crippen LogP contribution < -0.4 is 10.1 Å². The van der Waals surface area contributed by atoms with E-state index in [2.05, 4.69) is 50.4 Å². The zero-order valence-electron chi connectivity index (χ0n) is 21.3. The number of nitrogens with zero attached hydrogens (tertiary/aromatic N) is 1. The van der Waals surface area contributed by atoms with E-state index in [1.165, 1.54) is 5.56 Å². The van der Waals surface area contributed by atoms with Crippen LogP contribution in [-0.2, 0) is 28.0 Å². The highest BCUT2D eigenvalue weighted by atomic mass is 16.5. The van der Waals surface area contributed by atoms with E-state index < -0.39 is 6.04 Å². The second kappa shape index (κ2) is 11.9. The molecule has 2 rings (SSSR count). The number of hydrogen-bond acceptors (Lipinski definition) is 3. The summed E-state index contributed by atoms with van der Waals surface area (Å²) in [4.78, 5) is 27.8. The Labute approximate surface area is 199 Å². The molecular weight excluding hydrogens is 412 g/mol. The van der Waals surface area contributed by atoms with Gasteiger partial charge in [0.2, 0.25) is 11.8 Å². The number of ether oxygens (including phenoxy) is 1. The van der Waals surface area contributed by atoms with E-state index in [1.54, 1.807) is 18.9 Å². The van der Waals surface area contributed by atoms with Crippen molar-refractivity contribution in [2.75, 3.05) is 7.11 Å². The molecule has 2 atom stereocenters. The standard InChI is InChI=1S/C28H40N2O3/c1-8-20(2)29-27(32)21(3)30(19-23-10-9-11-25(18-23)33-7)26(31)17-14-22-12-15-24(16-13-22)28(4,5)6/h9-13,15-16,18,20-21H,8,14,17,19H2,1-7H3,(H,29,32)/t20-,21+/m0/s1. The van der Waals surface area contributed by atoms with Gasteiger partial charge >= 0.3 is 0 Å². The van der Waals surface area contributed by atoms with Crippen molar-refractivity contribution >= 4 is 11.8 Å². The fraction of sp³-hybridized carbons (Fsp3) is 0.500. The van der Waals surface area contributed by atoms with Crippen molar-refractivity contribution in [2.45, 2.75) is 84.8 Å². The van der Waals surface area contributed by atoms with Gasteiger partial charge in [0.1, 0.15) is 11.8 Å². The predicted molar refractivity (Wildman–Crippen MR) is 134 cm³/mol. The van der Waals surface area contributed by atoms with Crippen LogP contribution in [0.5, 0.6) is 5.75 Å². The van der Waals surface area contributed by atoms with Gasteiger partial charge in [-0.1, -0.05) is 64.1 Å². The molecule has 33 heavy (non-hydrogen) atoms. The first-order valence-corrected chi connectivity index (χ1v) is 11.9. The molecule has 0 saturated carbocycles. The number of benzene rings is 2. The first-order valence-electron chi connectivity index (χ1n) is 11.9. The Bertz CT molecular complexity index is 915. The molecule has 0 spiro atoms.